The Morgan fingerprint density at radius 3 is 2.67 bits per heavy atom. The largest absolute Gasteiger partial charge is 0.480 e. The van der Waals surface area contributed by atoms with E-state index in [1.165, 1.54) is 6.42 Å². The summed E-state index contributed by atoms with van der Waals surface area (Å²) in [5.41, 5.74) is 0.556. The molecular formula is C14H20N2O2. The number of ether oxygens (including phenoxy) is 1. The van der Waals surface area contributed by atoms with Crippen LogP contribution in [0.15, 0.2) is 18.3 Å². The number of nitrogens with zero attached hydrogens (tertiary/aromatic N) is 2. The van der Waals surface area contributed by atoms with Gasteiger partial charge in [0.15, 0.2) is 0 Å². The number of aromatic nitrogens is 1. The van der Waals surface area contributed by atoms with Crippen molar-refractivity contribution in [3.63, 3.8) is 0 Å². The van der Waals surface area contributed by atoms with E-state index < -0.39 is 0 Å². The van der Waals surface area contributed by atoms with Gasteiger partial charge in [0.25, 0.3) is 5.91 Å². The van der Waals surface area contributed by atoms with Gasteiger partial charge in [-0.1, -0.05) is 0 Å². The first-order valence-corrected chi connectivity index (χ1v) is 6.46. The first-order chi connectivity index (χ1) is 8.65. The molecule has 2 atom stereocenters. The van der Waals surface area contributed by atoms with Gasteiger partial charge in [0.1, 0.15) is 5.56 Å². The van der Waals surface area contributed by atoms with Crippen LogP contribution in [0.1, 0.15) is 43.5 Å². The molecule has 2 unspecified atom stereocenters. The highest BCUT2D eigenvalue weighted by Crippen LogP contribution is 2.26. The SMILES string of the molecule is COc1ncccc1C(=O)N1C(C)CCCC1C. The van der Waals surface area contributed by atoms with Gasteiger partial charge < -0.3 is 9.64 Å². The summed E-state index contributed by atoms with van der Waals surface area (Å²) in [6.07, 6.45) is 4.96. The summed E-state index contributed by atoms with van der Waals surface area (Å²) in [4.78, 5) is 18.7. The van der Waals surface area contributed by atoms with Crippen molar-refractivity contribution in [3.05, 3.63) is 23.9 Å². The van der Waals surface area contributed by atoms with Gasteiger partial charge in [-0.05, 0) is 45.2 Å². The molecule has 1 aliphatic heterocycles. The third kappa shape index (κ3) is 2.33. The standard InChI is InChI=1S/C14H20N2O2/c1-10-6-4-7-11(2)16(10)14(17)12-8-5-9-15-13(12)18-3/h5,8-11H,4,6-7H2,1-3H3. The molecule has 4 nitrogen and oxygen atoms in total. The molecule has 0 N–H and O–H groups in total. The fraction of sp³-hybridized carbons (Fsp3) is 0.571. The zero-order chi connectivity index (χ0) is 13.1. The predicted octanol–water partition coefficient (Wildman–Crippen LogP) is 2.49. The third-order valence-corrected chi connectivity index (χ3v) is 3.62. The van der Waals surface area contributed by atoms with Crippen molar-refractivity contribution in [1.82, 2.24) is 9.88 Å². The van der Waals surface area contributed by atoms with Crippen LogP contribution in [0.25, 0.3) is 0 Å². The molecule has 0 aromatic carbocycles. The average Bonchev–Trinajstić information content (AvgIpc) is 2.38. The number of carbonyl (C=O) groups is 1. The minimum atomic E-state index is 0.0275. The van der Waals surface area contributed by atoms with Crippen LogP contribution in [0.5, 0.6) is 5.88 Å². The van der Waals surface area contributed by atoms with Crippen LogP contribution < -0.4 is 4.74 Å². The number of carbonyl (C=O) groups excluding carboxylic acids is 1. The van der Waals surface area contributed by atoms with E-state index in [2.05, 4.69) is 18.8 Å². The number of pyridine rings is 1. The van der Waals surface area contributed by atoms with E-state index in [0.29, 0.717) is 11.4 Å². The summed E-state index contributed by atoms with van der Waals surface area (Å²) in [6, 6.07) is 4.12. The Bertz CT molecular complexity index is 424. The minimum Gasteiger partial charge on any atom is -0.480 e. The summed E-state index contributed by atoms with van der Waals surface area (Å²) in [6.45, 7) is 4.22. The number of methoxy groups -OCH3 is 1. The summed E-state index contributed by atoms with van der Waals surface area (Å²) in [7, 11) is 1.54. The van der Waals surface area contributed by atoms with Crippen molar-refractivity contribution in [2.75, 3.05) is 7.11 Å². The molecule has 4 heteroatoms. The Kier molecular flexibility index (Phi) is 3.84. The molecule has 0 spiro atoms. The first-order valence-electron chi connectivity index (χ1n) is 6.46. The second-order valence-corrected chi connectivity index (χ2v) is 4.90. The van der Waals surface area contributed by atoms with Crippen LogP contribution in [-0.4, -0.2) is 35.0 Å². The molecule has 0 radical (unpaired) electrons. The maximum atomic E-state index is 12.6. The van der Waals surface area contributed by atoms with Crippen LogP contribution in [0, 0.1) is 0 Å². The van der Waals surface area contributed by atoms with Crippen LogP contribution in [0.4, 0.5) is 0 Å². The van der Waals surface area contributed by atoms with Gasteiger partial charge in [-0.2, -0.15) is 0 Å². The van der Waals surface area contributed by atoms with Crippen molar-refractivity contribution >= 4 is 5.91 Å². The van der Waals surface area contributed by atoms with Gasteiger partial charge in [-0.15, -0.1) is 0 Å². The van der Waals surface area contributed by atoms with Gasteiger partial charge >= 0.3 is 0 Å². The highest BCUT2D eigenvalue weighted by Gasteiger charge is 2.31. The minimum absolute atomic E-state index is 0.0275. The normalized spacial score (nSPS) is 23.8. The first kappa shape index (κ1) is 12.9. The highest BCUT2D eigenvalue weighted by atomic mass is 16.5. The Labute approximate surface area is 108 Å². The molecule has 0 saturated carbocycles. The molecule has 1 fully saturated rings. The second kappa shape index (κ2) is 5.38. The molecule has 1 aliphatic rings. The Morgan fingerprint density at radius 1 is 1.39 bits per heavy atom. The number of likely N-dealkylation sites (tertiary alicyclic amines) is 1. The lowest BCUT2D eigenvalue weighted by molar-refractivity contribution is 0.0506. The van der Waals surface area contributed by atoms with Crippen LogP contribution in [-0.2, 0) is 0 Å². The maximum absolute atomic E-state index is 12.6. The average molecular weight is 248 g/mol. The number of amides is 1. The lowest BCUT2D eigenvalue weighted by Gasteiger charge is -2.39. The van der Waals surface area contributed by atoms with E-state index in [4.69, 9.17) is 4.74 Å². The quantitative estimate of drug-likeness (QED) is 0.807. The number of hydrogen-bond acceptors (Lipinski definition) is 3. The monoisotopic (exact) mass is 248 g/mol. The van der Waals surface area contributed by atoms with Crippen LogP contribution in [0.2, 0.25) is 0 Å². The molecule has 98 valence electrons. The molecule has 0 aliphatic carbocycles. The van der Waals surface area contributed by atoms with Crippen LogP contribution >= 0.6 is 0 Å². The van der Waals surface area contributed by atoms with Gasteiger partial charge in [-0.3, -0.25) is 4.79 Å². The molecule has 18 heavy (non-hydrogen) atoms. The van der Waals surface area contributed by atoms with Crippen molar-refractivity contribution < 1.29 is 9.53 Å². The zero-order valence-corrected chi connectivity index (χ0v) is 11.2. The molecule has 1 aromatic rings. The van der Waals surface area contributed by atoms with E-state index in [-0.39, 0.29) is 18.0 Å². The van der Waals surface area contributed by atoms with E-state index >= 15 is 0 Å². The molecule has 0 bridgehead atoms. The molecule has 1 aromatic heterocycles. The van der Waals surface area contributed by atoms with Crippen molar-refractivity contribution in [2.24, 2.45) is 0 Å². The van der Waals surface area contributed by atoms with Gasteiger partial charge in [0.2, 0.25) is 5.88 Å². The molecule has 2 rings (SSSR count). The summed E-state index contributed by atoms with van der Waals surface area (Å²) >= 11 is 0. The van der Waals surface area contributed by atoms with Crippen molar-refractivity contribution in [3.8, 4) is 5.88 Å². The highest BCUT2D eigenvalue weighted by molar-refractivity contribution is 5.96. The second-order valence-electron chi connectivity index (χ2n) is 4.90. The Morgan fingerprint density at radius 2 is 2.06 bits per heavy atom. The molecule has 1 saturated heterocycles. The zero-order valence-electron chi connectivity index (χ0n) is 11.2. The van der Waals surface area contributed by atoms with Crippen molar-refractivity contribution in [1.29, 1.82) is 0 Å². The lowest BCUT2D eigenvalue weighted by Crippen LogP contribution is -2.47. The van der Waals surface area contributed by atoms with E-state index in [9.17, 15) is 4.79 Å². The topological polar surface area (TPSA) is 42.4 Å². The fourth-order valence-corrected chi connectivity index (χ4v) is 2.68. The molecule has 2 heterocycles. The summed E-state index contributed by atoms with van der Waals surface area (Å²) in [5.74, 6) is 0.437. The van der Waals surface area contributed by atoms with E-state index in [1.54, 1.807) is 25.4 Å². The summed E-state index contributed by atoms with van der Waals surface area (Å²) < 4.78 is 5.17. The van der Waals surface area contributed by atoms with E-state index in [1.807, 2.05) is 4.90 Å². The maximum Gasteiger partial charge on any atom is 0.259 e. The van der Waals surface area contributed by atoms with Crippen molar-refractivity contribution in [2.45, 2.75) is 45.2 Å². The molecular weight excluding hydrogens is 228 g/mol. The third-order valence-electron chi connectivity index (χ3n) is 3.62. The molecule has 1 amide bonds. The Hall–Kier alpha value is -1.58. The fourth-order valence-electron chi connectivity index (χ4n) is 2.68. The predicted molar refractivity (Wildman–Crippen MR) is 69.7 cm³/mol. The number of piperidine rings is 1. The van der Waals surface area contributed by atoms with Gasteiger partial charge in [-0.25, -0.2) is 4.98 Å². The lowest BCUT2D eigenvalue weighted by atomic mass is 9.96. The van der Waals surface area contributed by atoms with Crippen LogP contribution in [0.3, 0.4) is 0 Å². The number of hydrogen-bond donors (Lipinski definition) is 0. The Balaban J connectivity index is 2.29. The van der Waals surface area contributed by atoms with Gasteiger partial charge in [0, 0.05) is 18.3 Å². The van der Waals surface area contributed by atoms with Gasteiger partial charge in [0.05, 0.1) is 7.11 Å². The number of rotatable bonds is 2. The van der Waals surface area contributed by atoms with E-state index in [0.717, 1.165) is 12.8 Å². The smallest absolute Gasteiger partial charge is 0.259 e. The summed E-state index contributed by atoms with van der Waals surface area (Å²) in [5, 5.41) is 0.